The summed E-state index contributed by atoms with van der Waals surface area (Å²) in [7, 11) is 0. The molecule has 0 aliphatic heterocycles. The Morgan fingerprint density at radius 2 is 2.00 bits per heavy atom. The third kappa shape index (κ3) is 19.9. The SMILES string of the molecule is C=COC(C)=O.CCOC(=O)NC=CC(=O)O. The van der Waals surface area contributed by atoms with E-state index in [1.165, 1.54) is 6.92 Å². The third-order valence-corrected chi connectivity index (χ3v) is 0.952. The second-order valence-electron chi connectivity index (χ2n) is 2.31. The van der Waals surface area contributed by atoms with Gasteiger partial charge in [-0.05, 0) is 6.92 Å². The average molecular weight is 245 g/mol. The predicted molar refractivity (Wildman–Crippen MR) is 58.9 cm³/mol. The summed E-state index contributed by atoms with van der Waals surface area (Å²) in [6, 6.07) is 0. The number of hydrogen-bond donors (Lipinski definition) is 2. The lowest BCUT2D eigenvalue weighted by Crippen LogP contribution is -2.18. The molecule has 2 N–H and O–H groups in total. The highest BCUT2D eigenvalue weighted by molar-refractivity contribution is 5.80. The Kier molecular flexibility index (Phi) is 11.8. The Morgan fingerprint density at radius 1 is 1.41 bits per heavy atom. The first-order chi connectivity index (χ1) is 7.93. The molecule has 0 bridgehead atoms. The van der Waals surface area contributed by atoms with Crippen LogP contribution < -0.4 is 5.32 Å². The molecule has 0 aromatic heterocycles. The van der Waals surface area contributed by atoms with Crippen LogP contribution in [0.25, 0.3) is 0 Å². The van der Waals surface area contributed by atoms with Gasteiger partial charge in [0, 0.05) is 19.2 Å². The normalized spacial score (nSPS) is 8.59. The molecule has 0 spiro atoms. The van der Waals surface area contributed by atoms with Crippen LogP contribution in [0.4, 0.5) is 4.79 Å². The first-order valence-electron chi connectivity index (χ1n) is 4.54. The molecule has 0 fully saturated rings. The van der Waals surface area contributed by atoms with Crippen molar-refractivity contribution in [2.45, 2.75) is 13.8 Å². The Balaban J connectivity index is 0. The van der Waals surface area contributed by atoms with E-state index in [2.05, 4.69) is 21.4 Å². The average Bonchev–Trinajstić information content (AvgIpc) is 2.18. The number of nitrogens with one attached hydrogen (secondary N) is 1. The highest BCUT2D eigenvalue weighted by Crippen LogP contribution is 1.76. The summed E-state index contributed by atoms with van der Waals surface area (Å²) in [5.41, 5.74) is 0. The van der Waals surface area contributed by atoms with Gasteiger partial charge in [0.2, 0.25) is 0 Å². The molecule has 0 rings (SSSR count). The van der Waals surface area contributed by atoms with Gasteiger partial charge in [-0.25, -0.2) is 9.59 Å². The van der Waals surface area contributed by atoms with Gasteiger partial charge in [-0.3, -0.25) is 10.1 Å². The predicted octanol–water partition coefficient (Wildman–Crippen LogP) is 1.02. The number of esters is 1. The molecular weight excluding hydrogens is 230 g/mol. The van der Waals surface area contributed by atoms with Gasteiger partial charge in [0.25, 0.3) is 0 Å². The van der Waals surface area contributed by atoms with Crippen LogP contribution in [0.3, 0.4) is 0 Å². The molecular formula is C10H15NO6. The number of carbonyl (C=O) groups is 3. The van der Waals surface area contributed by atoms with Crippen molar-refractivity contribution < 1.29 is 29.0 Å². The minimum Gasteiger partial charge on any atom is -0.478 e. The Morgan fingerprint density at radius 3 is 2.29 bits per heavy atom. The van der Waals surface area contributed by atoms with Gasteiger partial charge in [0.05, 0.1) is 12.9 Å². The fraction of sp³-hybridized carbons (Fsp3) is 0.300. The number of hydrogen-bond acceptors (Lipinski definition) is 5. The maximum Gasteiger partial charge on any atom is 0.411 e. The third-order valence-electron chi connectivity index (χ3n) is 0.952. The maximum atomic E-state index is 10.4. The van der Waals surface area contributed by atoms with Crippen LogP contribution >= 0.6 is 0 Å². The van der Waals surface area contributed by atoms with Gasteiger partial charge in [0.15, 0.2) is 0 Å². The van der Waals surface area contributed by atoms with Crippen molar-refractivity contribution in [3.63, 3.8) is 0 Å². The second kappa shape index (κ2) is 11.8. The van der Waals surface area contributed by atoms with E-state index in [0.29, 0.717) is 0 Å². The van der Waals surface area contributed by atoms with Crippen LogP contribution in [-0.4, -0.2) is 29.7 Å². The minimum absolute atomic E-state index is 0.257. The second-order valence-corrected chi connectivity index (χ2v) is 2.31. The number of carbonyl (C=O) groups excluding carboxylic acids is 2. The van der Waals surface area contributed by atoms with Crippen LogP contribution in [-0.2, 0) is 19.1 Å². The molecule has 0 saturated heterocycles. The van der Waals surface area contributed by atoms with Gasteiger partial charge in [-0.1, -0.05) is 6.58 Å². The number of rotatable bonds is 4. The largest absolute Gasteiger partial charge is 0.478 e. The van der Waals surface area contributed by atoms with Crippen molar-refractivity contribution in [3.8, 4) is 0 Å². The van der Waals surface area contributed by atoms with Gasteiger partial charge >= 0.3 is 18.0 Å². The molecule has 0 atom stereocenters. The summed E-state index contributed by atoms with van der Waals surface area (Å²) >= 11 is 0. The quantitative estimate of drug-likeness (QED) is 0.435. The molecule has 1 amide bonds. The number of alkyl carbamates (subject to hydrolysis) is 1. The lowest BCUT2D eigenvalue weighted by Gasteiger charge is -1.97. The van der Waals surface area contributed by atoms with Crippen LogP contribution in [0.1, 0.15) is 13.8 Å². The lowest BCUT2D eigenvalue weighted by atomic mass is 10.6. The summed E-state index contributed by atoms with van der Waals surface area (Å²) in [4.78, 5) is 30.1. The summed E-state index contributed by atoms with van der Waals surface area (Å²) in [5, 5.41) is 10.2. The van der Waals surface area contributed by atoms with Crippen LogP contribution in [0.5, 0.6) is 0 Å². The van der Waals surface area contributed by atoms with E-state index in [1.54, 1.807) is 6.92 Å². The minimum atomic E-state index is -1.12. The van der Waals surface area contributed by atoms with E-state index in [1.807, 2.05) is 0 Å². The molecule has 7 heteroatoms. The first-order valence-corrected chi connectivity index (χ1v) is 4.54. The zero-order valence-electron chi connectivity index (χ0n) is 9.63. The Bertz CT molecular complexity index is 297. The zero-order chi connectivity index (χ0) is 13.7. The monoisotopic (exact) mass is 245 g/mol. The van der Waals surface area contributed by atoms with Crippen LogP contribution in [0.2, 0.25) is 0 Å². The van der Waals surface area contributed by atoms with Crippen LogP contribution in [0, 0.1) is 0 Å². The topological polar surface area (TPSA) is 102 Å². The number of amides is 1. The van der Waals surface area contributed by atoms with E-state index in [9.17, 15) is 14.4 Å². The smallest absolute Gasteiger partial charge is 0.411 e. The van der Waals surface area contributed by atoms with E-state index in [4.69, 9.17) is 5.11 Å². The molecule has 0 aromatic rings. The molecule has 0 radical (unpaired) electrons. The summed E-state index contributed by atoms with van der Waals surface area (Å²) in [6.45, 7) is 6.39. The van der Waals surface area contributed by atoms with E-state index in [-0.39, 0.29) is 12.6 Å². The zero-order valence-corrected chi connectivity index (χ0v) is 9.63. The van der Waals surface area contributed by atoms with Crippen molar-refractivity contribution in [3.05, 3.63) is 25.1 Å². The van der Waals surface area contributed by atoms with Gasteiger partial charge in [-0.2, -0.15) is 0 Å². The fourth-order valence-electron chi connectivity index (χ4n) is 0.471. The van der Waals surface area contributed by atoms with E-state index in [0.717, 1.165) is 18.5 Å². The molecule has 17 heavy (non-hydrogen) atoms. The Labute approximate surface area is 98.7 Å². The summed E-state index contributed by atoms with van der Waals surface area (Å²) in [5.74, 6) is -1.45. The van der Waals surface area contributed by atoms with Crippen LogP contribution in [0.15, 0.2) is 25.1 Å². The molecule has 0 aromatic carbocycles. The van der Waals surface area contributed by atoms with Crippen molar-refractivity contribution in [2.75, 3.05) is 6.61 Å². The number of carboxylic acids is 1. The van der Waals surface area contributed by atoms with Crippen molar-refractivity contribution in [2.24, 2.45) is 0 Å². The first kappa shape index (κ1) is 17.1. The Hall–Kier alpha value is -2.31. The molecule has 0 unspecified atom stereocenters. The number of ether oxygens (including phenoxy) is 2. The van der Waals surface area contributed by atoms with Crippen molar-refractivity contribution in [1.82, 2.24) is 5.32 Å². The molecule has 96 valence electrons. The van der Waals surface area contributed by atoms with Gasteiger partial charge < -0.3 is 14.6 Å². The van der Waals surface area contributed by atoms with Crippen molar-refractivity contribution >= 4 is 18.0 Å². The number of carboxylic acid groups (broad SMARTS) is 1. The molecule has 0 heterocycles. The molecule has 7 nitrogen and oxygen atoms in total. The van der Waals surface area contributed by atoms with Gasteiger partial charge in [-0.15, -0.1) is 0 Å². The summed E-state index contributed by atoms with van der Waals surface area (Å²) < 4.78 is 8.60. The maximum absolute atomic E-state index is 10.4. The van der Waals surface area contributed by atoms with E-state index < -0.39 is 12.1 Å². The van der Waals surface area contributed by atoms with Crippen molar-refractivity contribution in [1.29, 1.82) is 0 Å². The molecule has 0 aliphatic rings. The highest BCUT2D eigenvalue weighted by atomic mass is 16.5. The highest BCUT2D eigenvalue weighted by Gasteiger charge is 1.94. The standard InChI is InChI=1S/C6H9NO4.C4H6O2/c1-2-11-6(10)7-4-3-5(8)9;1-3-6-4(2)5/h3-4H,2H2,1H3,(H,7,10)(H,8,9);3H,1H2,2H3. The molecule has 0 aliphatic carbocycles. The number of aliphatic carboxylic acids is 1. The van der Waals surface area contributed by atoms with Gasteiger partial charge in [0.1, 0.15) is 0 Å². The summed E-state index contributed by atoms with van der Waals surface area (Å²) in [6.07, 6.45) is 2.24. The fourth-order valence-corrected chi connectivity index (χ4v) is 0.471. The molecule has 0 saturated carbocycles. The van der Waals surface area contributed by atoms with E-state index >= 15 is 0 Å². The lowest BCUT2D eigenvalue weighted by molar-refractivity contribution is -0.135.